The van der Waals surface area contributed by atoms with Crippen LogP contribution in [0.1, 0.15) is 0 Å². The molecule has 0 atom stereocenters. The second-order valence-corrected chi connectivity index (χ2v) is 6.71. The van der Waals surface area contributed by atoms with Crippen molar-refractivity contribution < 1.29 is 22.0 Å². The minimum atomic E-state index is -3.78. The summed E-state index contributed by atoms with van der Waals surface area (Å²) in [6, 6.07) is 9.94. The van der Waals surface area contributed by atoms with E-state index in [0.29, 0.717) is 5.69 Å². The van der Waals surface area contributed by atoms with Crippen LogP contribution in [0, 0.1) is 11.6 Å². The lowest BCUT2D eigenvalue weighted by atomic mass is 10.3. The number of rotatable bonds is 5. The first-order valence-corrected chi connectivity index (χ1v) is 8.39. The highest BCUT2D eigenvalue weighted by Crippen LogP contribution is 2.18. The Labute approximate surface area is 132 Å². The van der Waals surface area contributed by atoms with Crippen LogP contribution in [0.15, 0.2) is 48.5 Å². The normalized spacial score (nSPS) is 11.1. The molecular formula is C15H14F2N2O3S. The molecule has 2 rings (SSSR count). The number of amides is 1. The van der Waals surface area contributed by atoms with Crippen molar-refractivity contribution in [2.24, 2.45) is 0 Å². The zero-order valence-corrected chi connectivity index (χ0v) is 13.0. The minimum absolute atomic E-state index is 0.0433. The molecule has 0 unspecified atom stereocenters. The molecule has 1 amide bonds. The lowest BCUT2D eigenvalue weighted by molar-refractivity contribution is -0.114. The van der Waals surface area contributed by atoms with Crippen LogP contribution in [0.5, 0.6) is 0 Å². The van der Waals surface area contributed by atoms with Crippen LogP contribution in [0.25, 0.3) is 0 Å². The number of carbonyl (C=O) groups excluding carboxylic acids is 1. The first kappa shape index (κ1) is 16.9. The average molecular weight is 340 g/mol. The van der Waals surface area contributed by atoms with Gasteiger partial charge < -0.3 is 5.32 Å². The van der Waals surface area contributed by atoms with E-state index in [2.05, 4.69) is 5.32 Å². The summed E-state index contributed by atoms with van der Waals surface area (Å²) in [5.41, 5.74) is 0.367. The maximum atomic E-state index is 13.3. The molecule has 0 aromatic heterocycles. The molecule has 0 bridgehead atoms. The van der Waals surface area contributed by atoms with Crippen LogP contribution in [0.4, 0.5) is 20.2 Å². The molecule has 23 heavy (non-hydrogen) atoms. The van der Waals surface area contributed by atoms with E-state index < -0.39 is 34.1 Å². The van der Waals surface area contributed by atoms with Gasteiger partial charge in [-0.3, -0.25) is 9.10 Å². The predicted molar refractivity (Wildman–Crippen MR) is 83.6 cm³/mol. The van der Waals surface area contributed by atoms with Gasteiger partial charge in [-0.1, -0.05) is 6.07 Å². The quantitative estimate of drug-likeness (QED) is 0.909. The van der Waals surface area contributed by atoms with Crippen LogP contribution >= 0.6 is 0 Å². The predicted octanol–water partition coefficient (Wildman–Crippen LogP) is 2.37. The average Bonchev–Trinajstić information content (AvgIpc) is 2.46. The van der Waals surface area contributed by atoms with E-state index in [1.165, 1.54) is 30.3 Å². The molecule has 0 saturated heterocycles. The molecule has 0 saturated carbocycles. The van der Waals surface area contributed by atoms with E-state index in [9.17, 15) is 22.0 Å². The van der Waals surface area contributed by atoms with Gasteiger partial charge in [0.05, 0.1) is 11.9 Å². The lowest BCUT2D eigenvalue weighted by Gasteiger charge is -2.21. The summed E-state index contributed by atoms with van der Waals surface area (Å²) in [4.78, 5) is 12.0. The summed E-state index contributed by atoms with van der Waals surface area (Å²) in [6.45, 7) is -0.528. The van der Waals surface area contributed by atoms with Crippen molar-refractivity contribution in [3.8, 4) is 0 Å². The van der Waals surface area contributed by atoms with Crippen LogP contribution in [0.3, 0.4) is 0 Å². The van der Waals surface area contributed by atoms with Crippen molar-refractivity contribution >= 4 is 27.3 Å². The number of hydrogen-bond acceptors (Lipinski definition) is 3. The fourth-order valence-corrected chi connectivity index (χ4v) is 2.74. The van der Waals surface area contributed by atoms with Gasteiger partial charge in [-0.05, 0) is 42.5 Å². The Hall–Kier alpha value is -2.48. The van der Waals surface area contributed by atoms with Gasteiger partial charge in [-0.15, -0.1) is 0 Å². The Balaban J connectivity index is 2.18. The Bertz CT molecular complexity index is 808. The number of benzene rings is 2. The highest BCUT2D eigenvalue weighted by molar-refractivity contribution is 7.92. The number of hydrogen-bond donors (Lipinski definition) is 1. The summed E-state index contributed by atoms with van der Waals surface area (Å²) in [5.74, 6) is -1.71. The zero-order valence-electron chi connectivity index (χ0n) is 12.2. The van der Waals surface area contributed by atoms with Crippen molar-refractivity contribution in [3.05, 3.63) is 60.2 Å². The van der Waals surface area contributed by atoms with Crippen LogP contribution < -0.4 is 9.62 Å². The van der Waals surface area contributed by atoms with E-state index in [4.69, 9.17) is 0 Å². The van der Waals surface area contributed by atoms with Gasteiger partial charge in [0.2, 0.25) is 15.9 Å². The number of nitrogens with zero attached hydrogens (tertiary/aromatic N) is 1. The summed E-state index contributed by atoms with van der Waals surface area (Å²) in [7, 11) is -3.78. The summed E-state index contributed by atoms with van der Waals surface area (Å²) in [5, 5.41) is 2.45. The smallest absolute Gasteiger partial charge is 0.245 e. The minimum Gasteiger partial charge on any atom is -0.325 e. The zero-order chi connectivity index (χ0) is 17.0. The fourth-order valence-electron chi connectivity index (χ4n) is 1.90. The molecule has 0 radical (unpaired) electrons. The molecule has 0 aliphatic heterocycles. The topological polar surface area (TPSA) is 66.5 Å². The Kier molecular flexibility index (Phi) is 4.95. The Morgan fingerprint density at radius 3 is 2.30 bits per heavy atom. The van der Waals surface area contributed by atoms with Crippen molar-refractivity contribution in [2.75, 3.05) is 22.4 Å². The monoisotopic (exact) mass is 340 g/mol. The highest BCUT2D eigenvalue weighted by Gasteiger charge is 2.21. The third-order valence-electron chi connectivity index (χ3n) is 2.91. The largest absolute Gasteiger partial charge is 0.325 e. The van der Waals surface area contributed by atoms with Crippen molar-refractivity contribution in [3.63, 3.8) is 0 Å². The van der Waals surface area contributed by atoms with Crippen LogP contribution in [-0.4, -0.2) is 27.1 Å². The molecule has 0 aliphatic carbocycles. The van der Waals surface area contributed by atoms with E-state index in [-0.39, 0.29) is 5.69 Å². The molecule has 0 heterocycles. The number of carbonyl (C=O) groups is 1. The van der Waals surface area contributed by atoms with Gasteiger partial charge in [0.25, 0.3) is 0 Å². The van der Waals surface area contributed by atoms with Gasteiger partial charge in [0.1, 0.15) is 18.2 Å². The van der Waals surface area contributed by atoms with E-state index in [1.807, 2.05) is 0 Å². The molecular weight excluding hydrogens is 326 g/mol. The SMILES string of the molecule is CS(=O)(=O)N(CC(=O)Nc1ccc(F)cc1)c1cccc(F)c1. The number of sulfonamides is 1. The van der Waals surface area contributed by atoms with Gasteiger partial charge in [-0.2, -0.15) is 0 Å². The number of halogens is 2. The highest BCUT2D eigenvalue weighted by atomic mass is 32.2. The first-order valence-electron chi connectivity index (χ1n) is 6.54. The third kappa shape index (κ3) is 4.75. The van der Waals surface area contributed by atoms with Crippen molar-refractivity contribution in [1.82, 2.24) is 0 Å². The molecule has 0 fully saturated rings. The maximum Gasteiger partial charge on any atom is 0.245 e. The summed E-state index contributed by atoms with van der Waals surface area (Å²) >= 11 is 0. The van der Waals surface area contributed by atoms with E-state index in [0.717, 1.165) is 28.8 Å². The summed E-state index contributed by atoms with van der Waals surface area (Å²) in [6.07, 6.45) is 0.920. The first-order chi connectivity index (χ1) is 10.8. The molecule has 2 aromatic carbocycles. The second-order valence-electron chi connectivity index (χ2n) is 4.80. The number of nitrogens with one attached hydrogen (secondary N) is 1. The van der Waals surface area contributed by atoms with E-state index >= 15 is 0 Å². The van der Waals surface area contributed by atoms with Gasteiger partial charge >= 0.3 is 0 Å². The molecule has 1 N–H and O–H groups in total. The molecule has 0 spiro atoms. The van der Waals surface area contributed by atoms with Crippen molar-refractivity contribution in [1.29, 1.82) is 0 Å². The maximum absolute atomic E-state index is 13.3. The third-order valence-corrected chi connectivity index (χ3v) is 4.05. The summed E-state index contributed by atoms with van der Waals surface area (Å²) < 4.78 is 50.6. The molecule has 122 valence electrons. The molecule has 0 aliphatic rings. The number of anilines is 2. The molecule has 8 heteroatoms. The second kappa shape index (κ2) is 6.74. The Morgan fingerprint density at radius 1 is 1.09 bits per heavy atom. The lowest BCUT2D eigenvalue weighted by Crippen LogP contribution is -2.37. The van der Waals surface area contributed by atoms with E-state index in [1.54, 1.807) is 0 Å². The van der Waals surface area contributed by atoms with Crippen LogP contribution in [0.2, 0.25) is 0 Å². The van der Waals surface area contributed by atoms with Crippen molar-refractivity contribution in [2.45, 2.75) is 0 Å². The standard InChI is InChI=1S/C15H14F2N2O3S/c1-23(21,22)19(14-4-2-3-12(17)9-14)10-15(20)18-13-7-5-11(16)6-8-13/h2-9H,10H2,1H3,(H,18,20). The van der Waals surface area contributed by atoms with Gasteiger partial charge in [0.15, 0.2) is 0 Å². The van der Waals surface area contributed by atoms with Crippen LogP contribution in [-0.2, 0) is 14.8 Å². The fraction of sp³-hybridized carbons (Fsp3) is 0.133. The Morgan fingerprint density at radius 2 is 1.74 bits per heavy atom. The molecule has 5 nitrogen and oxygen atoms in total. The van der Waals surface area contributed by atoms with Gasteiger partial charge in [-0.25, -0.2) is 17.2 Å². The van der Waals surface area contributed by atoms with Gasteiger partial charge in [0, 0.05) is 5.69 Å². The molecule has 2 aromatic rings.